The molecule has 0 saturated heterocycles. The maximum absolute atomic E-state index is 12.7. The Labute approximate surface area is 154 Å². The van der Waals surface area contributed by atoms with Crippen LogP contribution >= 0.6 is 27.5 Å². The molecule has 5 nitrogen and oxygen atoms in total. The first-order valence-corrected chi connectivity index (χ1v) is 8.98. The van der Waals surface area contributed by atoms with E-state index in [1.165, 1.54) is 4.57 Å². The molecule has 2 rings (SSSR count). The van der Waals surface area contributed by atoms with Crippen molar-refractivity contribution in [2.24, 2.45) is 0 Å². The van der Waals surface area contributed by atoms with Crippen LogP contribution in [0.15, 0.2) is 18.2 Å². The van der Waals surface area contributed by atoms with Crippen molar-refractivity contribution in [1.29, 1.82) is 0 Å². The molecule has 1 heterocycles. The molecule has 0 fully saturated rings. The lowest BCUT2D eigenvalue weighted by molar-refractivity contribution is 0.0454. The van der Waals surface area contributed by atoms with Crippen LogP contribution < -0.4 is 0 Å². The quantitative estimate of drug-likeness (QED) is 0.513. The van der Waals surface area contributed by atoms with Crippen LogP contribution in [0.5, 0.6) is 0 Å². The topological polar surface area (TPSA) is 57.5 Å². The van der Waals surface area contributed by atoms with Gasteiger partial charge in [0.15, 0.2) is 0 Å². The standard InChI is InChI=1S/C17H19BrClNO4/c1-5-23-15(21)13-8-11-12(19)7-6-10(9-18)14(11)20(13)16(22)24-17(2,3)4/h6-8H,5,9H2,1-4H3. The summed E-state index contributed by atoms with van der Waals surface area (Å²) in [6, 6.07) is 5.09. The summed E-state index contributed by atoms with van der Waals surface area (Å²) >= 11 is 9.66. The molecule has 7 heteroatoms. The zero-order valence-corrected chi connectivity index (χ0v) is 16.3. The van der Waals surface area contributed by atoms with Gasteiger partial charge in [0.1, 0.15) is 11.3 Å². The summed E-state index contributed by atoms with van der Waals surface area (Å²) < 4.78 is 11.8. The largest absolute Gasteiger partial charge is 0.461 e. The molecule has 130 valence electrons. The second-order valence-electron chi connectivity index (χ2n) is 6.17. The maximum Gasteiger partial charge on any atom is 0.419 e. The smallest absolute Gasteiger partial charge is 0.419 e. The van der Waals surface area contributed by atoms with Gasteiger partial charge in [-0.25, -0.2) is 14.2 Å². The summed E-state index contributed by atoms with van der Waals surface area (Å²) in [4.78, 5) is 25.0. The molecule has 0 aliphatic rings. The van der Waals surface area contributed by atoms with Crippen molar-refractivity contribution in [2.75, 3.05) is 6.61 Å². The molecular formula is C17H19BrClNO4. The highest BCUT2D eigenvalue weighted by atomic mass is 79.9. The van der Waals surface area contributed by atoms with Gasteiger partial charge in [0, 0.05) is 10.7 Å². The Morgan fingerprint density at radius 2 is 1.96 bits per heavy atom. The first kappa shape index (κ1) is 18.8. The van der Waals surface area contributed by atoms with Crippen molar-refractivity contribution in [1.82, 2.24) is 4.57 Å². The minimum absolute atomic E-state index is 0.0939. The van der Waals surface area contributed by atoms with Crippen LogP contribution in [0.2, 0.25) is 5.02 Å². The number of nitrogens with zero attached hydrogens (tertiary/aromatic N) is 1. The zero-order chi connectivity index (χ0) is 18.1. The van der Waals surface area contributed by atoms with E-state index in [2.05, 4.69) is 15.9 Å². The van der Waals surface area contributed by atoms with Crippen LogP contribution in [0.25, 0.3) is 10.9 Å². The lowest BCUT2D eigenvalue weighted by Crippen LogP contribution is -2.29. The number of aromatic nitrogens is 1. The number of halogens is 2. The van der Waals surface area contributed by atoms with Gasteiger partial charge in [-0.15, -0.1) is 0 Å². The summed E-state index contributed by atoms with van der Waals surface area (Å²) in [6.45, 7) is 7.19. The fourth-order valence-electron chi connectivity index (χ4n) is 2.31. The van der Waals surface area contributed by atoms with Crippen molar-refractivity contribution in [3.05, 3.63) is 34.5 Å². The van der Waals surface area contributed by atoms with E-state index in [1.807, 2.05) is 0 Å². The van der Waals surface area contributed by atoms with Crippen LogP contribution in [-0.4, -0.2) is 28.8 Å². The molecule has 1 aromatic carbocycles. The Morgan fingerprint density at radius 1 is 1.29 bits per heavy atom. The second kappa shape index (κ2) is 7.15. The first-order chi connectivity index (χ1) is 11.2. The monoisotopic (exact) mass is 415 g/mol. The number of carbonyl (C=O) groups excluding carboxylic acids is 2. The molecule has 0 amide bonds. The molecule has 24 heavy (non-hydrogen) atoms. The Balaban J connectivity index is 2.76. The SMILES string of the molecule is CCOC(=O)c1cc2c(Cl)ccc(CBr)c2n1C(=O)OC(C)(C)C. The molecule has 1 aromatic heterocycles. The first-order valence-electron chi connectivity index (χ1n) is 7.49. The fraction of sp³-hybridized carbons (Fsp3) is 0.412. The van der Waals surface area contributed by atoms with Gasteiger partial charge < -0.3 is 9.47 Å². The molecule has 0 radical (unpaired) electrons. The van der Waals surface area contributed by atoms with Gasteiger partial charge in [-0.3, -0.25) is 0 Å². The van der Waals surface area contributed by atoms with Gasteiger partial charge in [-0.1, -0.05) is 33.6 Å². The van der Waals surface area contributed by atoms with Crippen molar-refractivity contribution in [2.45, 2.75) is 38.6 Å². The fourth-order valence-corrected chi connectivity index (χ4v) is 2.97. The maximum atomic E-state index is 12.7. The number of alkyl halides is 1. The molecule has 0 spiro atoms. The van der Waals surface area contributed by atoms with Crippen LogP contribution in [0.1, 0.15) is 43.7 Å². The van der Waals surface area contributed by atoms with Crippen molar-refractivity contribution in [3.8, 4) is 0 Å². The third kappa shape index (κ3) is 3.75. The molecule has 2 aromatic rings. The third-order valence-corrected chi connectivity index (χ3v) is 4.13. The van der Waals surface area contributed by atoms with E-state index in [9.17, 15) is 9.59 Å². The molecule has 0 aliphatic heterocycles. The number of hydrogen-bond donors (Lipinski definition) is 0. The molecule has 0 atom stereocenters. The number of carbonyl (C=O) groups is 2. The van der Waals surface area contributed by atoms with Gasteiger partial charge in [0.2, 0.25) is 0 Å². The highest BCUT2D eigenvalue weighted by Crippen LogP contribution is 2.32. The van der Waals surface area contributed by atoms with Crippen LogP contribution in [0, 0.1) is 0 Å². The Bertz CT molecular complexity index is 792. The Morgan fingerprint density at radius 3 is 2.50 bits per heavy atom. The van der Waals surface area contributed by atoms with Crippen molar-refractivity contribution < 1.29 is 19.1 Å². The minimum Gasteiger partial charge on any atom is -0.461 e. The Hall–Kier alpha value is -1.53. The molecule has 0 bridgehead atoms. The van der Waals surface area contributed by atoms with Gasteiger partial charge in [0.05, 0.1) is 17.1 Å². The summed E-state index contributed by atoms with van der Waals surface area (Å²) in [5.74, 6) is -0.601. The van der Waals surface area contributed by atoms with E-state index in [0.717, 1.165) is 5.56 Å². The van der Waals surface area contributed by atoms with Crippen molar-refractivity contribution >= 4 is 50.5 Å². The zero-order valence-electron chi connectivity index (χ0n) is 14.0. The van der Waals surface area contributed by atoms with Gasteiger partial charge in [0.25, 0.3) is 0 Å². The van der Waals surface area contributed by atoms with Gasteiger partial charge >= 0.3 is 12.1 Å². The minimum atomic E-state index is -0.702. The molecule has 0 saturated carbocycles. The number of hydrogen-bond acceptors (Lipinski definition) is 4. The summed E-state index contributed by atoms with van der Waals surface area (Å²) in [7, 11) is 0. The predicted molar refractivity (Wildman–Crippen MR) is 97.2 cm³/mol. The van der Waals surface area contributed by atoms with Crippen molar-refractivity contribution in [3.63, 3.8) is 0 Å². The highest BCUT2D eigenvalue weighted by molar-refractivity contribution is 9.08. The molecule has 0 aliphatic carbocycles. The highest BCUT2D eigenvalue weighted by Gasteiger charge is 2.27. The van der Waals surface area contributed by atoms with Gasteiger partial charge in [-0.05, 0) is 45.4 Å². The summed E-state index contributed by atoms with van der Waals surface area (Å²) in [6.07, 6.45) is -0.648. The Kier molecular flexibility index (Phi) is 5.60. The van der Waals surface area contributed by atoms with Crippen LogP contribution in [0.4, 0.5) is 4.79 Å². The van der Waals surface area contributed by atoms with E-state index >= 15 is 0 Å². The number of rotatable bonds is 3. The molecule has 0 N–H and O–H groups in total. The normalized spacial score (nSPS) is 11.6. The van der Waals surface area contributed by atoms with E-state index in [0.29, 0.717) is 21.3 Å². The van der Waals surface area contributed by atoms with E-state index in [-0.39, 0.29) is 12.3 Å². The van der Waals surface area contributed by atoms with E-state index < -0.39 is 17.7 Å². The summed E-state index contributed by atoms with van der Waals surface area (Å²) in [5.41, 5.74) is 0.746. The average molecular weight is 417 g/mol. The second-order valence-corrected chi connectivity index (χ2v) is 7.14. The lowest BCUT2D eigenvalue weighted by atomic mass is 10.1. The van der Waals surface area contributed by atoms with E-state index in [4.69, 9.17) is 21.1 Å². The lowest BCUT2D eigenvalue weighted by Gasteiger charge is -2.21. The van der Waals surface area contributed by atoms with Crippen LogP contribution in [-0.2, 0) is 14.8 Å². The number of benzene rings is 1. The molecular weight excluding hydrogens is 398 g/mol. The number of fused-ring (bicyclic) bond motifs is 1. The van der Waals surface area contributed by atoms with Gasteiger partial charge in [-0.2, -0.15) is 0 Å². The number of esters is 1. The number of ether oxygens (including phenoxy) is 2. The van der Waals surface area contributed by atoms with Crippen LogP contribution in [0.3, 0.4) is 0 Å². The third-order valence-electron chi connectivity index (χ3n) is 3.20. The predicted octanol–water partition coefficient (Wildman–Crippen LogP) is 5.15. The average Bonchev–Trinajstić information content (AvgIpc) is 2.88. The van der Waals surface area contributed by atoms with E-state index in [1.54, 1.807) is 45.9 Å². The summed E-state index contributed by atoms with van der Waals surface area (Å²) in [5, 5.41) is 1.54. The molecule has 0 unspecified atom stereocenters.